The van der Waals surface area contributed by atoms with Crippen LogP contribution in [0.25, 0.3) is 10.2 Å². The summed E-state index contributed by atoms with van der Waals surface area (Å²) in [6, 6.07) is 19.9. The number of fused-ring (bicyclic) bond motifs is 1. The summed E-state index contributed by atoms with van der Waals surface area (Å²) in [5.41, 5.74) is 0.827. The van der Waals surface area contributed by atoms with Gasteiger partial charge in [0, 0.05) is 5.56 Å². The smallest absolute Gasteiger partial charge is 0.325 e. The molecule has 1 amide bonds. The van der Waals surface area contributed by atoms with Crippen LogP contribution in [-0.4, -0.2) is 32.0 Å². The number of hydrogen-bond acceptors (Lipinski definition) is 7. The first kappa shape index (κ1) is 23.4. The molecular formula is C23H19N3O6S2. The number of aromatic nitrogens is 1. The Morgan fingerprint density at radius 1 is 1.00 bits per heavy atom. The molecule has 2 N–H and O–H groups in total. The van der Waals surface area contributed by atoms with Gasteiger partial charge < -0.3 is 14.0 Å². The lowest BCUT2D eigenvalue weighted by molar-refractivity contribution is -0.141. The number of carbonyl (C=O) groups is 2. The normalized spacial score (nSPS) is 12.0. The fraction of sp³-hybridized carbons (Fsp3) is 0.0870. The van der Waals surface area contributed by atoms with Gasteiger partial charge in [-0.1, -0.05) is 29.5 Å². The van der Waals surface area contributed by atoms with Crippen LogP contribution >= 0.6 is 11.3 Å². The van der Waals surface area contributed by atoms with Gasteiger partial charge in [0.05, 0.1) is 22.2 Å². The maximum absolute atomic E-state index is 12.8. The van der Waals surface area contributed by atoms with E-state index in [0.29, 0.717) is 27.3 Å². The molecule has 4 rings (SSSR count). The molecule has 4 aromatic rings. The Labute approximate surface area is 198 Å². The number of amides is 1. The van der Waals surface area contributed by atoms with Gasteiger partial charge in [-0.25, -0.2) is 13.6 Å². The summed E-state index contributed by atoms with van der Waals surface area (Å²) in [5, 5.41) is 5.22. The molecule has 9 nitrogen and oxygen atoms in total. The number of esters is 1. The predicted molar refractivity (Wildman–Crippen MR) is 126 cm³/mol. The molecule has 0 bridgehead atoms. The third-order valence-electron chi connectivity index (χ3n) is 4.77. The highest BCUT2D eigenvalue weighted by atomic mass is 32.2. The summed E-state index contributed by atoms with van der Waals surface area (Å²) in [4.78, 5) is 29.1. The van der Waals surface area contributed by atoms with E-state index in [4.69, 9.17) is 14.6 Å². The second-order valence-corrected chi connectivity index (χ2v) is 9.65. The number of carbonyl (C=O) groups excluding carboxylic acids is 2. The molecule has 0 fully saturated rings. The van der Waals surface area contributed by atoms with Gasteiger partial charge in [-0.15, -0.1) is 0 Å². The Kier molecular flexibility index (Phi) is 6.59. The van der Waals surface area contributed by atoms with Gasteiger partial charge in [0.25, 0.3) is 5.91 Å². The number of hydrogen-bond donors (Lipinski definition) is 1. The molecule has 0 saturated heterocycles. The standard InChI is InChI=1S/C23H19N3O6S2/c1-31-21(27)14-26-19-12-11-18(34(24,29)30)13-20(19)33-23(26)25-22(28)15-7-9-17(10-8-15)32-16-5-3-2-4-6-16/h2-13H,14H2,1H3,(H2,24,29,30). The van der Waals surface area contributed by atoms with E-state index >= 15 is 0 Å². The van der Waals surface area contributed by atoms with Crippen molar-refractivity contribution in [3.63, 3.8) is 0 Å². The number of rotatable bonds is 6. The minimum Gasteiger partial charge on any atom is -0.468 e. The van der Waals surface area contributed by atoms with Gasteiger partial charge in [0.1, 0.15) is 18.0 Å². The highest BCUT2D eigenvalue weighted by Gasteiger charge is 2.16. The SMILES string of the molecule is COC(=O)Cn1c(=NC(=O)c2ccc(Oc3ccccc3)cc2)sc2cc(S(N)(=O)=O)ccc21. The molecule has 174 valence electrons. The Balaban J connectivity index is 1.70. The zero-order valence-corrected chi connectivity index (χ0v) is 19.5. The van der Waals surface area contributed by atoms with E-state index in [0.717, 1.165) is 11.3 Å². The molecule has 34 heavy (non-hydrogen) atoms. The van der Waals surface area contributed by atoms with E-state index < -0.39 is 21.9 Å². The molecule has 0 unspecified atom stereocenters. The van der Waals surface area contributed by atoms with Crippen molar-refractivity contribution in [2.75, 3.05) is 7.11 Å². The average molecular weight is 498 g/mol. The molecule has 0 spiro atoms. The largest absolute Gasteiger partial charge is 0.468 e. The van der Waals surface area contributed by atoms with Crippen LogP contribution in [-0.2, 0) is 26.1 Å². The van der Waals surface area contributed by atoms with Crippen LogP contribution in [0.2, 0.25) is 0 Å². The maximum Gasteiger partial charge on any atom is 0.325 e. The van der Waals surface area contributed by atoms with Crippen LogP contribution < -0.4 is 14.7 Å². The maximum atomic E-state index is 12.8. The second kappa shape index (κ2) is 9.59. The van der Waals surface area contributed by atoms with Crippen molar-refractivity contribution in [2.24, 2.45) is 10.1 Å². The van der Waals surface area contributed by atoms with Crippen molar-refractivity contribution in [1.82, 2.24) is 4.57 Å². The van der Waals surface area contributed by atoms with E-state index in [2.05, 4.69) is 4.99 Å². The summed E-state index contributed by atoms with van der Waals surface area (Å²) < 4.78 is 35.9. The molecule has 1 aromatic heterocycles. The number of benzene rings is 3. The Bertz CT molecular complexity index is 1540. The van der Waals surface area contributed by atoms with Gasteiger partial charge in [-0.2, -0.15) is 4.99 Å². The number of nitrogens with zero attached hydrogens (tertiary/aromatic N) is 2. The van der Waals surface area contributed by atoms with Crippen molar-refractivity contribution in [1.29, 1.82) is 0 Å². The van der Waals surface area contributed by atoms with Crippen LogP contribution in [0.5, 0.6) is 11.5 Å². The average Bonchev–Trinajstić information content (AvgIpc) is 3.15. The minimum atomic E-state index is -3.92. The second-order valence-electron chi connectivity index (χ2n) is 7.08. The number of thiazole rings is 1. The van der Waals surface area contributed by atoms with E-state index in [9.17, 15) is 18.0 Å². The van der Waals surface area contributed by atoms with Gasteiger partial charge in [0.2, 0.25) is 10.0 Å². The molecule has 1 heterocycles. The zero-order chi connectivity index (χ0) is 24.3. The summed E-state index contributed by atoms with van der Waals surface area (Å²) in [6.07, 6.45) is 0. The number of para-hydroxylation sites is 1. The first-order valence-corrected chi connectivity index (χ1v) is 12.3. The molecule has 0 aliphatic rings. The zero-order valence-electron chi connectivity index (χ0n) is 17.9. The number of ether oxygens (including phenoxy) is 2. The topological polar surface area (TPSA) is 130 Å². The molecule has 0 atom stereocenters. The highest BCUT2D eigenvalue weighted by Crippen LogP contribution is 2.23. The highest BCUT2D eigenvalue weighted by molar-refractivity contribution is 7.89. The Hall–Kier alpha value is -3.80. The summed E-state index contributed by atoms with van der Waals surface area (Å²) in [5.74, 6) is 0.134. The van der Waals surface area contributed by atoms with Crippen molar-refractivity contribution >= 4 is 43.5 Å². The molecular weight excluding hydrogens is 478 g/mol. The van der Waals surface area contributed by atoms with Crippen molar-refractivity contribution in [3.8, 4) is 11.5 Å². The lowest BCUT2D eigenvalue weighted by Gasteiger charge is -2.06. The molecule has 0 radical (unpaired) electrons. The van der Waals surface area contributed by atoms with E-state index in [-0.39, 0.29) is 16.2 Å². The van der Waals surface area contributed by atoms with Gasteiger partial charge in [-0.3, -0.25) is 9.59 Å². The quantitative estimate of drug-likeness (QED) is 0.408. The van der Waals surface area contributed by atoms with Crippen molar-refractivity contribution in [3.05, 3.63) is 83.2 Å². The van der Waals surface area contributed by atoms with Crippen LogP contribution in [0, 0.1) is 0 Å². The first-order chi connectivity index (χ1) is 16.2. The molecule has 0 saturated carbocycles. The summed E-state index contributed by atoms with van der Waals surface area (Å²) >= 11 is 1.06. The Morgan fingerprint density at radius 2 is 1.68 bits per heavy atom. The number of nitrogens with two attached hydrogens (primary N) is 1. The van der Waals surface area contributed by atoms with Crippen LogP contribution in [0.4, 0.5) is 0 Å². The van der Waals surface area contributed by atoms with Crippen LogP contribution in [0.3, 0.4) is 0 Å². The third-order valence-corrected chi connectivity index (χ3v) is 6.73. The fourth-order valence-electron chi connectivity index (χ4n) is 3.10. The van der Waals surface area contributed by atoms with Crippen molar-refractivity contribution < 1.29 is 27.5 Å². The van der Waals surface area contributed by atoms with Crippen molar-refractivity contribution in [2.45, 2.75) is 11.4 Å². The minimum absolute atomic E-state index is 0.0849. The summed E-state index contributed by atoms with van der Waals surface area (Å²) in [7, 11) is -2.67. The van der Waals surface area contributed by atoms with E-state index in [1.807, 2.05) is 30.3 Å². The van der Waals surface area contributed by atoms with Gasteiger partial charge >= 0.3 is 5.97 Å². The number of methoxy groups -OCH3 is 1. The predicted octanol–water partition coefficient (Wildman–Crippen LogP) is 3.06. The fourth-order valence-corrected chi connectivity index (χ4v) is 4.79. The summed E-state index contributed by atoms with van der Waals surface area (Å²) in [6.45, 7) is -0.207. The number of sulfonamides is 1. The molecule has 11 heteroatoms. The number of primary sulfonamides is 1. The van der Waals surface area contributed by atoms with Gasteiger partial charge in [-0.05, 0) is 54.6 Å². The molecule has 0 aliphatic carbocycles. The first-order valence-electron chi connectivity index (χ1n) is 9.89. The van der Waals surface area contributed by atoms with Crippen LogP contribution in [0.1, 0.15) is 10.4 Å². The van der Waals surface area contributed by atoms with E-state index in [1.54, 1.807) is 24.3 Å². The molecule has 3 aromatic carbocycles. The lowest BCUT2D eigenvalue weighted by atomic mass is 10.2. The molecule has 0 aliphatic heterocycles. The monoisotopic (exact) mass is 497 g/mol. The van der Waals surface area contributed by atoms with Gasteiger partial charge in [0.15, 0.2) is 4.80 Å². The lowest BCUT2D eigenvalue weighted by Crippen LogP contribution is -2.22. The van der Waals surface area contributed by atoms with E-state index in [1.165, 1.54) is 29.9 Å². The third kappa shape index (κ3) is 5.22. The Morgan fingerprint density at radius 3 is 2.32 bits per heavy atom. The van der Waals surface area contributed by atoms with Crippen LogP contribution in [0.15, 0.2) is 82.7 Å².